The molecule has 1 fully saturated rings. The van der Waals surface area contributed by atoms with E-state index in [1.54, 1.807) is 11.0 Å². The van der Waals surface area contributed by atoms with Crippen molar-refractivity contribution in [3.63, 3.8) is 0 Å². The predicted octanol–water partition coefficient (Wildman–Crippen LogP) is 1.28. The van der Waals surface area contributed by atoms with E-state index in [-0.39, 0.29) is 12.3 Å². The molecule has 1 N–H and O–H groups in total. The van der Waals surface area contributed by atoms with Crippen LogP contribution in [0, 0.1) is 5.92 Å². The van der Waals surface area contributed by atoms with Crippen LogP contribution in [0.5, 0.6) is 0 Å². The van der Waals surface area contributed by atoms with Crippen molar-refractivity contribution < 1.29 is 14.7 Å². The summed E-state index contributed by atoms with van der Waals surface area (Å²) in [5.74, 6) is -0.302. The molecule has 1 rings (SSSR count). The van der Waals surface area contributed by atoms with Gasteiger partial charge in [0.1, 0.15) is 0 Å². The number of hydrogen-bond donors (Lipinski definition) is 1. The Morgan fingerprint density at radius 2 is 2.27 bits per heavy atom. The minimum Gasteiger partial charge on any atom is -0.481 e. The Labute approximate surface area is 89.6 Å². The topological polar surface area (TPSA) is 57.6 Å². The molecule has 0 spiro atoms. The molecule has 1 amide bonds. The summed E-state index contributed by atoms with van der Waals surface area (Å²) in [6.07, 6.45) is 3.79. The molecule has 0 aliphatic carbocycles. The van der Waals surface area contributed by atoms with E-state index < -0.39 is 5.97 Å². The highest BCUT2D eigenvalue weighted by molar-refractivity contribution is 5.77. The van der Waals surface area contributed by atoms with E-state index in [0.29, 0.717) is 25.3 Å². The van der Waals surface area contributed by atoms with Crippen LogP contribution in [0.3, 0.4) is 0 Å². The van der Waals surface area contributed by atoms with Gasteiger partial charge in [-0.25, -0.2) is 0 Å². The fourth-order valence-corrected chi connectivity index (χ4v) is 1.87. The lowest BCUT2D eigenvalue weighted by atomic mass is 10.0. The van der Waals surface area contributed by atoms with Crippen LogP contribution in [0.2, 0.25) is 0 Å². The van der Waals surface area contributed by atoms with E-state index >= 15 is 0 Å². The van der Waals surface area contributed by atoms with Gasteiger partial charge in [-0.3, -0.25) is 9.59 Å². The van der Waals surface area contributed by atoms with Gasteiger partial charge in [-0.05, 0) is 18.8 Å². The van der Waals surface area contributed by atoms with E-state index in [9.17, 15) is 9.59 Å². The zero-order valence-electron chi connectivity index (χ0n) is 8.82. The number of aliphatic carboxylic acids is 1. The van der Waals surface area contributed by atoms with Crippen LogP contribution in [-0.2, 0) is 9.59 Å². The number of carboxylic acids is 1. The molecule has 0 aromatic heterocycles. The standard InChI is InChI=1S/C11H17NO3/c1-2-3-10(13)12-7-6-9(8-12)4-5-11(14)15/h2,9H,1,3-8H2,(H,14,15). The second kappa shape index (κ2) is 5.53. The van der Waals surface area contributed by atoms with E-state index in [1.807, 2.05) is 0 Å². The Hall–Kier alpha value is -1.32. The quantitative estimate of drug-likeness (QED) is 0.697. The highest BCUT2D eigenvalue weighted by Crippen LogP contribution is 2.21. The number of carboxylic acid groups (broad SMARTS) is 1. The molecule has 1 saturated heterocycles. The van der Waals surface area contributed by atoms with E-state index in [0.717, 1.165) is 13.0 Å². The second-order valence-corrected chi connectivity index (χ2v) is 3.92. The van der Waals surface area contributed by atoms with Crippen LogP contribution in [0.15, 0.2) is 12.7 Å². The van der Waals surface area contributed by atoms with Crippen molar-refractivity contribution in [2.45, 2.75) is 25.7 Å². The number of carbonyl (C=O) groups is 2. The van der Waals surface area contributed by atoms with Crippen LogP contribution >= 0.6 is 0 Å². The van der Waals surface area contributed by atoms with Crippen molar-refractivity contribution in [1.29, 1.82) is 0 Å². The van der Waals surface area contributed by atoms with Gasteiger partial charge in [0.2, 0.25) is 5.91 Å². The summed E-state index contributed by atoms with van der Waals surface area (Å²) in [4.78, 5) is 23.6. The first-order valence-electron chi connectivity index (χ1n) is 5.24. The number of amides is 1. The average molecular weight is 211 g/mol. The average Bonchev–Trinajstić information content (AvgIpc) is 2.63. The van der Waals surface area contributed by atoms with Crippen molar-refractivity contribution >= 4 is 11.9 Å². The zero-order valence-corrected chi connectivity index (χ0v) is 8.82. The Morgan fingerprint density at radius 3 is 2.87 bits per heavy atom. The largest absolute Gasteiger partial charge is 0.481 e. The maximum Gasteiger partial charge on any atom is 0.303 e. The maximum atomic E-state index is 11.5. The van der Waals surface area contributed by atoms with Gasteiger partial charge in [-0.2, -0.15) is 0 Å². The van der Waals surface area contributed by atoms with Gasteiger partial charge < -0.3 is 10.0 Å². The summed E-state index contributed by atoms with van der Waals surface area (Å²) in [5, 5.41) is 8.54. The zero-order chi connectivity index (χ0) is 11.3. The third-order valence-electron chi connectivity index (χ3n) is 2.72. The number of carbonyl (C=O) groups excluding carboxylic acids is 1. The summed E-state index contributed by atoms with van der Waals surface area (Å²) in [6.45, 7) is 4.99. The molecule has 15 heavy (non-hydrogen) atoms. The van der Waals surface area contributed by atoms with Gasteiger partial charge in [0.05, 0.1) is 0 Å². The van der Waals surface area contributed by atoms with Crippen LogP contribution in [-0.4, -0.2) is 35.0 Å². The molecule has 1 aliphatic heterocycles. The predicted molar refractivity (Wildman–Crippen MR) is 56.4 cm³/mol. The first-order valence-corrected chi connectivity index (χ1v) is 5.24. The molecule has 0 bridgehead atoms. The van der Waals surface area contributed by atoms with E-state index in [4.69, 9.17) is 5.11 Å². The third kappa shape index (κ3) is 3.73. The molecule has 0 radical (unpaired) electrons. The SMILES string of the molecule is C=CCC(=O)N1CCC(CCC(=O)O)C1. The number of nitrogens with zero attached hydrogens (tertiary/aromatic N) is 1. The molecule has 1 unspecified atom stereocenters. The molecule has 0 aromatic carbocycles. The molecular formula is C11H17NO3. The highest BCUT2D eigenvalue weighted by Gasteiger charge is 2.25. The van der Waals surface area contributed by atoms with Crippen molar-refractivity contribution in [2.75, 3.05) is 13.1 Å². The number of hydrogen-bond acceptors (Lipinski definition) is 2. The van der Waals surface area contributed by atoms with Gasteiger partial charge >= 0.3 is 5.97 Å². The van der Waals surface area contributed by atoms with Crippen molar-refractivity contribution in [1.82, 2.24) is 4.90 Å². The third-order valence-corrected chi connectivity index (χ3v) is 2.72. The van der Waals surface area contributed by atoms with Gasteiger partial charge in [0, 0.05) is 25.9 Å². The van der Waals surface area contributed by atoms with Gasteiger partial charge in [-0.1, -0.05) is 6.08 Å². The van der Waals surface area contributed by atoms with Crippen LogP contribution in [0.1, 0.15) is 25.7 Å². The minimum absolute atomic E-state index is 0.0998. The summed E-state index contributed by atoms with van der Waals surface area (Å²) >= 11 is 0. The lowest BCUT2D eigenvalue weighted by molar-refractivity contribution is -0.137. The Kier molecular flexibility index (Phi) is 4.34. The Morgan fingerprint density at radius 1 is 1.53 bits per heavy atom. The van der Waals surface area contributed by atoms with Crippen LogP contribution in [0.4, 0.5) is 0 Å². The first-order chi connectivity index (χ1) is 7.13. The molecule has 0 saturated carbocycles. The molecular weight excluding hydrogens is 194 g/mol. The lowest BCUT2D eigenvalue weighted by Crippen LogP contribution is -2.27. The number of likely N-dealkylation sites (tertiary alicyclic amines) is 1. The lowest BCUT2D eigenvalue weighted by Gasteiger charge is -2.15. The normalized spacial score (nSPS) is 20.3. The molecule has 1 heterocycles. The van der Waals surface area contributed by atoms with Gasteiger partial charge in [0.15, 0.2) is 0 Å². The summed E-state index contributed by atoms with van der Waals surface area (Å²) in [5.41, 5.74) is 0. The van der Waals surface area contributed by atoms with Gasteiger partial charge in [-0.15, -0.1) is 6.58 Å². The summed E-state index contributed by atoms with van der Waals surface area (Å²) in [6, 6.07) is 0. The molecule has 84 valence electrons. The fourth-order valence-electron chi connectivity index (χ4n) is 1.87. The van der Waals surface area contributed by atoms with Crippen LogP contribution < -0.4 is 0 Å². The Balaban J connectivity index is 2.29. The van der Waals surface area contributed by atoms with Crippen LogP contribution in [0.25, 0.3) is 0 Å². The minimum atomic E-state index is -0.758. The molecule has 4 heteroatoms. The highest BCUT2D eigenvalue weighted by atomic mass is 16.4. The van der Waals surface area contributed by atoms with Gasteiger partial charge in [0.25, 0.3) is 0 Å². The second-order valence-electron chi connectivity index (χ2n) is 3.92. The van der Waals surface area contributed by atoms with E-state index in [2.05, 4.69) is 6.58 Å². The smallest absolute Gasteiger partial charge is 0.303 e. The molecule has 4 nitrogen and oxygen atoms in total. The molecule has 1 atom stereocenters. The summed E-state index contributed by atoms with van der Waals surface area (Å²) < 4.78 is 0. The number of rotatable bonds is 5. The van der Waals surface area contributed by atoms with E-state index in [1.165, 1.54) is 0 Å². The molecule has 1 aliphatic rings. The van der Waals surface area contributed by atoms with Crippen molar-refractivity contribution in [3.8, 4) is 0 Å². The Bertz CT molecular complexity index is 263. The first kappa shape index (κ1) is 11.8. The molecule has 0 aromatic rings. The fraction of sp³-hybridized carbons (Fsp3) is 0.636. The maximum absolute atomic E-state index is 11.5. The van der Waals surface area contributed by atoms with Crippen molar-refractivity contribution in [2.24, 2.45) is 5.92 Å². The monoisotopic (exact) mass is 211 g/mol. The summed E-state index contributed by atoms with van der Waals surface area (Å²) in [7, 11) is 0. The van der Waals surface area contributed by atoms with Crippen molar-refractivity contribution in [3.05, 3.63) is 12.7 Å².